The molecular formula is C19H28ClN5O. The van der Waals surface area contributed by atoms with Crippen molar-refractivity contribution in [3.63, 3.8) is 0 Å². The second kappa shape index (κ2) is 10.3. The van der Waals surface area contributed by atoms with Crippen LogP contribution in [0.5, 0.6) is 0 Å². The van der Waals surface area contributed by atoms with Crippen LogP contribution in [0.4, 0.5) is 0 Å². The Labute approximate surface area is 161 Å². The van der Waals surface area contributed by atoms with Gasteiger partial charge in [0.1, 0.15) is 0 Å². The van der Waals surface area contributed by atoms with Gasteiger partial charge in [0.15, 0.2) is 0 Å². The molecule has 1 amide bonds. The number of nitrogens with zero attached hydrogens (tertiary/aromatic N) is 3. The smallest absolute Gasteiger partial charge is 0.234 e. The fourth-order valence-corrected chi connectivity index (χ4v) is 3.25. The molecule has 1 aromatic carbocycles. The summed E-state index contributed by atoms with van der Waals surface area (Å²) >= 11 is 0. The highest BCUT2D eigenvalue weighted by molar-refractivity contribution is 5.85. The number of likely N-dealkylation sites (tertiary alicyclic amines) is 1. The first kappa shape index (κ1) is 20.4. The van der Waals surface area contributed by atoms with Crippen molar-refractivity contribution < 1.29 is 4.79 Å². The van der Waals surface area contributed by atoms with Crippen molar-refractivity contribution in [1.29, 1.82) is 0 Å². The summed E-state index contributed by atoms with van der Waals surface area (Å²) in [5, 5.41) is 10.7. The number of halogens is 1. The van der Waals surface area contributed by atoms with E-state index in [9.17, 15) is 4.79 Å². The van der Waals surface area contributed by atoms with E-state index in [0.717, 1.165) is 37.2 Å². The number of carbonyl (C=O) groups excluding carboxylic acids is 1. The van der Waals surface area contributed by atoms with Gasteiger partial charge in [-0.25, -0.2) is 4.68 Å². The van der Waals surface area contributed by atoms with Crippen LogP contribution in [-0.4, -0.2) is 59.9 Å². The lowest BCUT2D eigenvalue weighted by molar-refractivity contribution is -0.122. The molecule has 1 saturated heterocycles. The van der Waals surface area contributed by atoms with Gasteiger partial charge in [-0.05, 0) is 50.6 Å². The topological polar surface area (TPSA) is 62.2 Å². The summed E-state index contributed by atoms with van der Waals surface area (Å²) in [5.41, 5.74) is 2.17. The minimum absolute atomic E-state index is 0. The molecule has 0 radical (unpaired) electrons. The van der Waals surface area contributed by atoms with Crippen LogP contribution in [0.25, 0.3) is 5.69 Å². The highest BCUT2D eigenvalue weighted by Gasteiger charge is 2.19. The number of para-hydroxylation sites is 1. The van der Waals surface area contributed by atoms with Gasteiger partial charge in [-0.15, -0.1) is 12.4 Å². The largest absolute Gasteiger partial charge is 0.355 e. The van der Waals surface area contributed by atoms with Crippen molar-refractivity contribution in [2.45, 2.75) is 25.3 Å². The fourth-order valence-electron chi connectivity index (χ4n) is 3.25. The lowest BCUT2D eigenvalue weighted by Gasteiger charge is -2.31. The van der Waals surface area contributed by atoms with Crippen molar-refractivity contribution in [2.24, 2.45) is 0 Å². The first-order valence-electron chi connectivity index (χ1n) is 9.00. The molecule has 1 atom stereocenters. The first-order valence-corrected chi connectivity index (χ1v) is 9.00. The summed E-state index contributed by atoms with van der Waals surface area (Å²) in [7, 11) is 1.99. The zero-order valence-electron chi connectivity index (χ0n) is 15.2. The minimum Gasteiger partial charge on any atom is -0.355 e. The summed E-state index contributed by atoms with van der Waals surface area (Å²) in [6.45, 7) is 3.09. The van der Waals surface area contributed by atoms with Crippen molar-refractivity contribution in [3.05, 3.63) is 48.3 Å². The zero-order chi connectivity index (χ0) is 17.5. The quantitative estimate of drug-likeness (QED) is 0.770. The number of carbonyl (C=O) groups is 1. The van der Waals surface area contributed by atoms with Crippen LogP contribution in [0.15, 0.2) is 42.7 Å². The van der Waals surface area contributed by atoms with E-state index in [2.05, 4.69) is 20.6 Å². The SMILES string of the molecule is CNC1CCCN(CC(=O)NCCc2cnn(-c3ccccc3)c2)C1.Cl. The lowest BCUT2D eigenvalue weighted by Crippen LogP contribution is -2.48. The van der Waals surface area contributed by atoms with Gasteiger partial charge >= 0.3 is 0 Å². The van der Waals surface area contributed by atoms with Gasteiger partial charge in [-0.3, -0.25) is 9.69 Å². The van der Waals surface area contributed by atoms with Gasteiger partial charge in [0.2, 0.25) is 5.91 Å². The molecular weight excluding hydrogens is 350 g/mol. The van der Waals surface area contributed by atoms with E-state index in [1.54, 1.807) is 0 Å². The van der Waals surface area contributed by atoms with E-state index >= 15 is 0 Å². The highest BCUT2D eigenvalue weighted by Crippen LogP contribution is 2.09. The van der Waals surface area contributed by atoms with Crippen molar-refractivity contribution in [1.82, 2.24) is 25.3 Å². The molecule has 142 valence electrons. The summed E-state index contributed by atoms with van der Waals surface area (Å²) in [6.07, 6.45) is 7.01. The predicted molar refractivity (Wildman–Crippen MR) is 106 cm³/mol. The van der Waals surface area contributed by atoms with Crippen LogP contribution in [-0.2, 0) is 11.2 Å². The molecule has 1 aliphatic heterocycles. The molecule has 1 aromatic heterocycles. The van der Waals surface area contributed by atoms with Crippen LogP contribution >= 0.6 is 12.4 Å². The molecule has 2 aromatic rings. The maximum Gasteiger partial charge on any atom is 0.234 e. The van der Waals surface area contributed by atoms with Gasteiger partial charge in [-0.1, -0.05) is 18.2 Å². The molecule has 26 heavy (non-hydrogen) atoms. The van der Waals surface area contributed by atoms with Crippen LogP contribution < -0.4 is 10.6 Å². The zero-order valence-corrected chi connectivity index (χ0v) is 16.0. The van der Waals surface area contributed by atoms with Crippen LogP contribution in [0.1, 0.15) is 18.4 Å². The number of benzene rings is 1. The summed E-state index contributed by atoms with van der Waals surface area (Å²) in [6, 6.07) is 10.5. The van der Waals surface area contributed by atoms with Crippen LogP contribution in [0.2, 0.25) is 0 Å². The van der Waals surface area contributed by atoms with Gasteiger partial charge < -0.3 is 10.6 Å². The first-order chi connectivity index (χ1) is 12.2. The Bertz CT molecular complexity index is 676. The number of piperidine rings is 1. The number of amides is 1. The molecule has 0 bridgehead atoms. The molecule has 0 spiro atoms. The number of rotatable bonds is 7. The maximum atomic E-state index is 12.1. The van der Waals surface area contributed by atoms with Crippen molar-refractivity contribution in [2.75, 3.05) is 33.2 Å². The number of aromatic nitrogens is 2. The van der Waals surface area contributed by atoms with E-state index in [-0.39, 0.29) is 18.3 Å². The van der Waals surface area contributed by atoms with E-state index in [1.807, 2.05) is 54.5 Å². The van der Waals surface area contributed by atoms with E-state index in [4.69, 9.17) is 0 Å². The average molecular weight is 378 g/mol. The molecule has 3 rings (SSSR count). The lowest BCUT2D eigenvalue weighted by atomic mass is 10.1. The molecule has 0 saturated carbocycles. The van der Waals surface area contributed by atoms with Gasteiger partial charge in [0, 0.05) is 25.3 Å². The third-order valence-electron chi connectivity index (χ3n) is 4.67. The van der Waals surface area contributed by atoms with Crippen molar-refractivity contribution in [3.8, 4) is 5.69 Å². The summed E-state index contributed by atoms with van der Waals surface area (Å²) in [5.74, 6) is 0.104. The molecule has 1 unspecified atom stereocenters. The number of likely N-dealkylation sites (N-methyl/N-ethyl adjacent to an activating group) is 1. The maximum absolute atomic E-state index is 12.1. The molecule has 1 fully saturated rings. The summed E-state index contributed by atoms with van der Waals surface area (Å²) in [4.78, 5) is 14.4. The molecule has 7 heteroatoms. The Morgan fingerprint density at radius 2 is 2.12 bits per heavy atom. The normalized spacial score (nSPS) is 17.5. The van der Waals surface area contributed by atoms with Gasteiger partial charge in [0.25, 0.3) is 0 Å². The Hall–Kier alpha value is -1.89. The molecule has 2 N–H and O–H groups in total. The minimum atomic E-state index is 0. The Morgan fingerprint density at radius 1 is 1.31 bits per heavy atom. The highest BCUT2D eigenvalue weighted by atomic mass is 35.5. The average Bonchev–Trinajstić information content (AvgIpc) is 3.11. The van der Waals surface area contributed by atoms with E-state index in [1.165, 1.54) is 6.42 Å². The third kappa shape index (κ3) is 5.83. The third-order valence-corrected chi connectivity index (χ3v) is 4.67. The number of hydrogen-bond donors (Lipinski definition) is 2. The summed E-state index contributed by atoms with van der Waals surface area (Å²) < 4.78 is 1.86. The Kier molecular flexibility index (Phi) is 8.09. The number of nitrogens with one attached hydrogen (secondary N) is 2. The van der Waals surface area contributed by atoms with E-state index in [0.29, 0.717) is 19.1 Å². The standard InChI is InChI=1S/C19H27N5O.ClH/c1-20-17-6-5-11-23(14-17)15-19(25)21-10-9-16-12-22-24(13-16)18-7-3-2-4-8-18;/h2-4,7-8,12-13,17,20H,5-6,9-11,14-15H2,1H3,(H,21,25);1H. The predicted octanol–water partition coefficient (Wildman–Crippen LogP) is 1.64. The second-order valence-electron chi connectivity index (χ2n) is 6.59. The Balaban J connectivity index is 0.00000243. The van der Waals surface area contributed by atoms with Crippen LogP contribution in [0, 0.1) is 0 Å². The van der Waals surface area contributed by atoms with Crippen molar-refractivity contribution >= 4 is 18.3 Å². The van der Waals surface area contributed by atoms with Gasteiger partial charge in [-0.2, -0.15) is 5.10 Å². The molecule has 0 aliphatic carbocycles. The molecule has 2 heterocycles. The second-order valence-corrected chi connectivity index (χ2v) is 6.59. The monoisotopic (exact) mass is 377 g/mol. The number of hydrogen-bond acceptors (Lipinski definition) is 4. The Morgan fingerprint density at radius 3 is 2.88 bits per heavy atom. The molecule has 1 aliphatic rings. The van der Waals surface area contributed by atoms with Crippen LogP contribution in [0.3, 0.4) is 0 Å². The van der Waals surface area contributed by atoms with E-state index < -0.39 is 0 Å². The molecule has 6 nitrogen and oxygen atoms in total. The fraction of sp³-hybridized carbons (Fsp3) is 0.474. The van der Waals surface area contributed by atoms with Gasteiger partial charge in [0.05, 0.1) is 18.4 Å².